The van der Waals surface area contributed by atoms with Crippen molar-refractivity contribution in [3.63, 3.8) is 0 Å². The van der Waals surface area contributed by atoms with E-state index in [-0.39, 0.29) is 5.82 Å². The lowest BCUT2D eigenvalue weighted by atomic mass is 9.89. The molecule has 3 heterocycles. The van der Waals surface area contributed by atoms with Crippen LogP contribution < -0.4 is 20.1 Å². The molecule has 2 unspecified atom stereocenters. The summed E-state index contributed by atoms with van der Waals surface area (Å²) in [7, 11) is 1.63. The number of hydrogen-bond acceptors (Lipinski definition) is 7. The molecular weight excluding hydrogens is 433 g/mol. The normalized spacial score (nSPS) is 20.3. The molecule has 7 nitrogen and oxygen atoms in total. The zero-order chi connectivity index (χ0) is 23.5. The number of anilines is 2. The number of methoxy groups -OCH3 is 1. The van der Waals surface area contributed by atoms with Crippen molar-refractivity contribution in [2.75, 3.05) is 51.8 Å². The molecule has 0 spiro atoms. The molecule has 1 aromatic heterocycles. The van der Waals surface area contributed by atoms with Gasteiger partial charge in [-0.15, -0.1) is 0 Å². The fraction of sp³-hybridized carbons (Fsp3) is 0.462. The summed E-state index contributed by atoms with van der Waals surface area (Å²) in [5.41, 5.74) is 2.08. The molecule has 180 valence electrons. The minimum Gasteiger partial charge on any atom is -0.493 e. The van der Waals surface area contributed by atoms with Crippen LogP contribution in [-0.2, 0) is 0 Å². The van der Waals surface area contributed by atoms with E-state index in [1.54, 1.807) is 26.2 Å². The number of benzene rings is 2. The van der Waals surface area contributed by atoms with Crippen molar-refractivity contribution < 1.29 is 13.9 Å². The molecule has 8 heteroatoms. The third-order valence-corrected chi connectivity index (χ3v) is 7.01. The number of fused-ring (bicyclic) bond motifs is 2. The summed E-state index contributed by atoms with van der Waals surface area (Å²) < 4.78 is 25.4. The highest BCUT2D eigenvalue weighted by atomic mass is 19.1. The first-order valence-electron chi connectivity index (χ1n) is 12.0. The van der Waals surface area contributed by atoms with Gasteiger partial charge in [0.25, 0.3) is 0 Å². The average Bonchev–Trinajstić information content (AvgIpc) is 3.32. The van der Waals surface area contributed by atoms with Gasteiger partial charge < -0.3 is 25.0 Å². The first-order chi connectivity index (χ1) is 16.6. The molecule has 0 saturated carbocycles. The van der Waals surface area contributed by atoms with E-state index in [0.29, 0.717) is 29.5 Å². The molecule has 0 radical (unpaired) electrons. The summed E-state index contributed by atoms with van der Waals surface area (Å²) >= 11 is 0. The summed E-state index contributed by atoms with van der Waals surface area (Å²) in [6.45, 7) is 8.09. The molecule has 5 rings (SSSR count). The van der Waals surface area contributed by atoms with Gasteiger partial charge in [-0.1, -0.05) is 0 Å². The van der Waals surface area contributed by atoms with Crippen molar-refractivity contribution in [3.8, 4) is 11.5 Å². The number of rotatable bonds is 8. The monoisotopic (exact) mass is 465 g/mol. The van der Waals surface area contributed by atoms with Crippen molar-refractivity contribution in [1.29, 1.82) is 0 Å². The Kier molecular flexibility index (Phi) is 6.78. The van der Waals surface area contributed by atoms with Crippen molar-refractivity contribution in [3.05, 3.63) is 48.0 Å². The van der Waals surface area contributed by atoms with Gasteiger partial charge in [0.05, 0.1) is 19.2 Å². The number of aryl methyl sites for hydroxylation is 1. The highest BCUT2D eigenvalue weighted by Gasteiger charge is 2.32. The zero-order valence-corrected chi connectivity index (χ0v) is 19.8. The molecule has 0 bridgehead atoms. The van der Waals surface area contributed by atoms with Crippen molar-refractivity contribution in [1.82, 2.24) is 20.2 Å². The van der Waals surface area contributed by atoms with E-state index >= 15 is 0 Å². The maximum atomic E-state index is 13.7. The first kappa shape index (κ1) is 22.8. The summed E-state index contributed by atoms with van der Waals surface area (Å²) in [4.78, 5) is 11.4. The van der Waals surface area contributed by atoms with Gasteiger partial charge in [-0.25, -0.2) is 14.4 Å². The molecule has 2 saturated heterocycles. The number of nitrogens with one attached hydrogen (secondary N) is 2. The van der Waals surface area contributed by atoms with Gasteiger partial charge in [0.1, 0.15) is 18.0 Å². The van der Waals surface area contributed by atoms with Crippen LogP contribution in [0, 0.1) is 24.6 Å². The van der Waals surface area contributed by atoms with Gasteiger partial charge in [0.15, 0.2) is 11.5 Å². The number of hydrogen-bond donors (Lipinski definition) is 2. The summed E-state index contributed by atoms with van der Waals surface area (Å²) in [6.07, 6.45) is 3.75. The molecule has 0 amide bonds. The quantitative estimate of drug-likeness (QED) is 0.485. The van der Waals surface area contributed by atoms with Crippen LogP contribution in [0.1, 0.15) is 18.4 Å². The molecule has 34 heavy (non-hydrogen) atoms. The lowest BCUT2D eigenvalue weighted by Crippen LogP contribution is -2.40. The van der Waals surface area contributed by atoms with Crippen molar-refractivity contribution in [2.24, 2.45) is 11.8 Å². The number of ether oxygens (including phenoxy) is 2. The molecule has 2 aromatic carbocycles. The van der Waals surface area contributed by atoms with E-state index in [1.165, 1.54) is 38.4 Å². The molecule has 0 aliphatic carbocycles. The topological polar surface area (TPSA) is 71.5 Å². The summed E-state index contributed by atoms with van der Waals surface area (Å²) in [6, 6.07) is 8.69. The number of halogens is 1. The van der Waals surface area contributed by atoms with Crippen molar-refractivity contribution in [2.45, 2.75) is 19.8 Å². The van der Waals surface area contributed by atoms with E-state index in [9.17, 15) is 4.39 Å². The maximum Gasteiger partial charge on any atom is 0.162 e. The molecular formula is C26H32FN5O2. The summed E-state index contributed by atoms with van der Waals surface area (Å²) in [5.74, 6) is 3.37. The molecule has 2 aliphatic rings. The molecule has 2 atom stereocenters. The van der Waals surface area contributed by atoms with Crippen LogP contribution in [0.4, 0.5) is 15.9 Å². The van der Waals surface area contributed by atoms with Gasteiger partial charge in [-0.05, 0) is 81.1 Å². The molecule has 2 N–H and O–H groups in total. The van der Waals surface area contributed by atoms with Gasteiger partial charge in [-0.2, -0.15) is 0 Å². The number of likely N-dealkylation sites (tertiary alicyclic amines) is 1. The maximum absolute atomic E-state index is 13.7. The Morgan fingerprint density at radius 2 is 2.03 bits per heavy atom. The minimum atomic E-state index is -0.234. The van der Waals surface area contributed by atoms with Gasteiger partial charge in [0.2, 0.25) is 0 Å². The zero-order valence-electron chi connectivity index (χ0n) is 19.8. The Balaban J connectivity index is 1.26. The number of aromatic nitrogens is 2. The smallest absolute Gasteiger partial charge is 0.162 e. The van der Waals surface area contributed by atoms with Crippen LogP contribution in [0.2, 0.25) is 0 Å². The van der Waals surface area contributed by atoms with Crippen LogP contribution in [0.5, 0.6) is 11.5 Å². The van der Waals surface area contributed by atoms with Crippen molar-refractivity contribution >= 4 is 22.4 Å². The van der Waals surface area contributed by atoms with Crippen LogP contribution in [0.3, 0.4) is 0 Å². The third kappa shape index (κ3) is 4.93. The minimum absolute atomic E-state index is 0.234. The van der Waals surface area contributed by atoms with Gasteiger partial charge >= 0.3 is 0 Å². The van der Waals surface area contributed by atoms with Crippen LogP contribution in [0.15, 0.2) is 36.7 Å². The second-order valence-electron chi connectivity index (χ2n) is 9.30. The Labute approximate surface area is 199 Å². The SMILES string of the molecule is COc1cc2ncnc(Nc3ccc(F)c(C)c3)c2cc1OCCCN1CCC2CNCC2C1. The van der Waals surface area contributed by atoms with Gasteiger partial charge in [-0.3, -0.25) is 0 Å². The Bertz CT molecular complexity index is 1160. The Morgan fingerprint density at radius 1 is 1.15 bits per heavy atom. The van der Waals surface area contributed by atoms with E-state index < -0.39 is 0 Å². The van der Waals surface area contributed by atoms with E-state index in [2.05, 4.69) is 25.5 Å². The standard InChI is InChI=1S/C26H32FN5O2/c1-17-10-20(4-5-22(17)27)31-26-21-11-25(24(33-2)12-23(21)29-16-30-26)34-9-3-7-32-8-6-18-13-28-14-19(18)15-32/h4-5,10-12,16,18-19,28H,3,6-9,13-15H2,1-2H3,(H,29,30,31). The second-order valence-corrected chi connectivity index (χ2v) is 9.30. The second kappa shape index (κ2) is 10.1. The average molecular weight is 466 g/mol. The number of nitrogens with zero attached hydrogens (tertiary/aromatic N) is 3. The predicted molar refractivity (Wildman–Crippen MR) is 132 cm³/mol. The summed E-state index contributed by atoms with van der Waals surface area (Å²) in [5, 5.41) is 7.63. The predicted octanol–water partition coefficient (Wildman–Crippen LogP) is 4.14. The Hall–Kier alpha value is -2.97. The third-order valence-electron chi connectivity index (χ3n) is 7.01. The molecule has 2 fully saturated rings. The van der Waals surface area contributed by atoms with E-state index in [4.69, 9.17) is 9.47 Å². The highest BCUT2D eigenvalue weighted by Crippen LogP contribution is 2.35. The molecule has 3 aromatic rings. The van der Waals surface area contributed by atoms with Crippen LogP contribution >= 0.6 is 0 Å². The highest BCUT2D eigenvalue weighted by molar-refractivity contribution is 5.93. The fourth-order valence-electron chi connectivity index (χ4n) is 5.08. The van der Waals surface area contributed by atoms with E-state index in [0.717, 1.165) is 47.9 Å². The van der Waals surface area contributed by atoms with Crippen LogP contribution in [-0.4, -0.2) is 61.3 Å². The van der Waals surface area contributed by atoms with Crippen LogP contribution in [0.25, 0.3) is 10.9 Å². The van der Waals surface area contributed by atoms with E-state index in [1.807, 2.05) is 12.1 Å². The largest absolute Gasteiger partial charge is 0.493 e. The Morgan fingerprint density at radius 3 is 2.88 bits per heavy atom. The fourth-order valence-corrected chi connectivity index (χ4v) is 5.08. The first-order valence-corrected chi connectivity index (χ1v) is 12.0. The lowest BCUT2D eigenvalue weighted by Gasteiger charge is -2.34. The number of piperidine rings is 1. The molecule has 2 aliphatic heterocycles. The van der Waals surface area contributed by atoms with Gasteiger partial charge in [0, 0.05) is 30.2 Å². The lowest BCUT2D eigenvalue weighted by molar-refractivity contribution is 0.139.